The normalized spacial score (nSPS) is 13.7. The molecule has 0 atom stereocenters. The number of imide groups is 1. The molecule has 5 heteroatoms. The standard InChI is InChI=1S/C27H26N2O3/c1-18-15-19(2)17-22(16-18)28-25-24(21-9-11-23(32-3)12-10-21)26(30)29(27(25)31)14-13-20-7-5-4-6-8-20/h4-12,15-17,28H,13-14H2,1-3H3. The molecule has 0 unspecified atom stereocenters. The molecule has 0 fully saturated rings. The molecule has 1 N–H and O–H groups in total. The molecule has 32 heavy (non-hydrogen) atoms. The first-order valence-corrected chi connectivity index (χ1v) is 10.6. The second-order valence-corrected chi connectivity index (χ2v) is 7.98. The van der Waals surface area contributed by atoms with Crippen LogP contribution in [0.15, 0.2) is 78.5 Å². The monoisotopic (exact) mass is 426 g/mol. The summed E-state index contributed by atoms with van der Waals surface area (Å²) in [6, 6.07) is 23.1. The second-order valence-electron chi connectivity index (χ2n) is 7.98. The van der Waals surface area contributed by atoms with Gasteiger partial charge >= 0.3 is 0 Å². The van der Waals surface area contributed by atoms with Crippen LogP contribution >= 0.6 is 0 Å². The predicted molar refractivity (Wildman–Crippen MR) is 126 cm³/mol. The van der Waals surface area contributed by atoms with Crippen LogP contribution in [-0.2, 0) is 16.0 Å². The first kappa shape index (κ1) is 21.4. The smallest absolute Gasteiger partial charge is 0.278 e. The molecule has 162 valence electrons. The molecular weight excluding hydrogens is 400 g/mol. The van der Waals surface area contributed by atoms with Gasteiger partial charge in [0.05, 0.1) is 12.7 Å². The van der Waals surface area contributed by atoms with E-state index < -0.39 is 0 Å². The summed E-state index contributed by atoms with van der Waals surface area (Å²) in [5.41, 5.74) is 5.39. The summed E-state index contributed by atoms with van der Waals surface area (Å²) in [5.74, 6) is 0.0924. The van der Waals surface area contributed by atoms with Crippen LogP contribution in [0.25, 0.3) is 5.57 Å². The Kier molecular flexibility index (Phi) is 6.08. The number of hydrogen-bond donors (Lipinski definition) is 1. The number of aryl methyl sites for hydroxylation is 2. The van der Waals surface area contributed by atoms with Gasteiger partial charge in [-0.1, -0.05) is 48.5 Å². The van der Waals surface area contributed by atoms with Crippen LogP contribution in [-0.4, -0.2) is 30.4 Å². The molecule has 0 aliphatic carbocycles. The molecule has 0 saturated heterocycles. The van der Waals surface area contributed by atoms with Crippen molar-refractivity contribution in [1.82, 2.24) is 4.90 Å². The van der Waals surface area contributed by atoms with Crippen molar-refractivity contribution < 1.29 is 14.3 Å². The molecule has 5 nitrogen and oxygen atoms in total. The first-order valence-electron chi connectivity index (χ1n) is 10.6. The highest BCUT2D eigenvalue weighted by molar-refractivity contribution is 6.36. The molecule has 1 heterocycles. The predicted octanol–water partition coefficient (Wildman–Crippen LogP) is 4.75. The van der Waals surface area contributed by atoms with Crippen LogP contribution in [0, 0.1) is 13.8 Å². The topological polar surface area (TPSA) is 58.6 Å². The number of methoxy groups -OCH3 is 1. The van der Waals surface area contributed by atoms with Gasteiger partial charge in [-0.2, -0.15) is 0 Å². The molecule has 0 aromatic heterocycles. The van der Waals surface area contributed by atoms with Crippen molar-refractivity contribution in [2.75, 3.05) is 19.0 Å². The van der Waals surface area contributed by atoms with Gasteiger partial charge in [-0.15, -0.1) is 0 Å². The number of benzene rings is 3. The maximum Gasteiger partial charge on any atom is 0.278 e. The largest absolute Gasteiger partial charge is 0.497 e. The zero-order valence-corrected chi connectivity index (χ0v) is 18.5. The Labute approximate surface area is 188 Å². The fourth-order valence-electron chi connectivity index (χ4n) is 4.00. The number of carbonyl (C=O) groups is 2. The molecule has 0 bridgehead atoms. The van der Waals surface area contributed by atoms with Gasteiger partial charge in [-0.3, -0.25) is 14.5 Å². The molecule has 0 radical (unpaired) electrons. The van der Waals surface area contributed by atoms with E-state index in [1.807, 2.05) is 68.4 Å². The second kappa shape index (κ2) is 9.10. The summed E-state index contributed by atoms with van der Waals surface area (Å²) in [5, 5.41) is 3.24. The van der Waals surface area contributed by atoms with Gasteiger partial charge in [0.25, 0.3) is 11.8 Å². The lowest BCUT2D eigenvalue weighted by atomic mass is 10.0. The van der Waals surface area contributed by atoms with Crippen molar-refractivity contribution >= 4 is 23.1 Å². The van der Waals surface area contributed by atoms with Crippen LogP contribution in [0.5, 0.6) is 5.75 Å². The van der Waals surface area contributed by atoms with Crippen molar-refractivity contribution in [2.45, 2.75) is 20.3 Å². The number of ether oxygens (including phenoxy) is 1. The minimum Gasteiger partial charge on any atom is -0.497 e. The summed E-state index contributed by atoms with van der Waals surface area (Å²) >= 11 is 0. The van der Waals surface area contributed by atoms with Gasteiger partial charge in [0.15, 0.2) is 0 Å². The number of nitrogens with one attached hydrogen (secondary N) is 1. The van der Waals surface area contributed by atoms with E-state index in [-0.39, 0.29) is 11.8 Å². The Balaban J connectivity index is 1.69. The van der Waals surface area contributed by atoms with E-state index in [0.717, 1.165) is 22.4 Å². The molecule has 3 aromatic carbocycles. The number of hydrogen-bond acceptors (Lipinski definition) is 4. The molecule has 4 rings (SSSR count). The maximum absolute atomic E-state index is 13.4. The minimum absolute atomic E-state index is 0.289. The number of anilines is 1. The van der Waals surface area contributed by atoms with Crippen molar-refractivity contribution in [3.05, 3.63) is 101 Å². The zero-order valence-electron chi connectivity index (χ0n) is 18.5. The van der Waals surface area contributed by atoms with Gasteiger partial charge in [0.1, 0.15) is 11.4 Å². The molecule has 1 aliphatic heterocycles. The summed E-state index contributed by atoms with van der Waals surface area (Å²) in [7, 11) is 1.59. The number of rotatable bonds is 7. The van der Waals surface area contributed by atoms with E-state index in [1.165, 1.54) is 4.90 Å². The lowest BCUT2D eigenvalue weighted by Crippen LogP contribution is -2.34. The Morgan fingerprint density at radius 2 is 1.50 bits per heavy atom. The van der Waals surface area contributed by atoms with E-state index >= 15 is 0 Å². The molecule has 2 amide bonds. The minimum atomic E-state index is -0.309. The number of amides is 2. The van der Waals surface area contributed by atoms with Crippen LogP contribution < -0.4 is 10.1 Å². The van der Waals surface area contributed by atoms with E-state index in [9.17, 15) is 9.59 Å². The maximum atomic E-state index is 13.4. The third-order valence-corrected chi connectivity index (χ3v) is 5.50. The van der Waals surface area contributed by atoms with Crippen molar-refractivity contribution in [1.29, 1.82) is 0 Å². The number of nitrogens with zero attached hydrogens (tertiary/aromatic N) is 1. The van der Waals surface area contributed by atoms with E-state index in [0.29, 0.717) is 35.5 Å². The van der Waals surface area contributed by atoms with Gasteiger partial charge in [-0.25, -0.2) is 0 Å². The average Bonchev–Trinajstić information content (AvgIpc) is 3.01. The molecule has 1 aliphatic rings. The van der Waals surface area contributed by atoms with Crippen LogP contribution in [0.4, 0.5) is 5.69 Å². The zero-order chi connectivity index (χ0) is 22.7. The van der Waals surface area contributed by atoms with E-state index in [4.69, 9.17) is 4.74 Å². The molecule has 0 saturated carbocycles. The Hall–Kier alpha value is -3.86. The highest BCUT2D eigenvalue weighted by atomic mass is 16.5. The summed E-state index contributed by atoms with van der Waals surface area (Å²) < 4.78 is 5.24. The Morgan fingerprint density at radius 3 is 2.12 bits per heavy atom. The first-order chi connectivity index (χ1) is 15.5. The lowest BCUT2D eigenvalue weighted by molar-refractivity contribution is -0.136. The lowest BCUT2D eigenvalue weighted by Gasteiger charge is -2.15. The van der Waals surface area contributed by atoms with Gasteiger partial charge in [0, 0.05) is 12.2 Å². The van der Waals surface area contributed by atoms with E-state index in [2.05, 4.69) is 11.4 Å². The third-order valence-electron chi connectivity index (χ3n) is 5.50. The third kappa shape index (κ3) is 4.42. The highest BCUT2D eigenvalue weighted by Crippen LogP contribution is 2.32. The van der Waals surface area contributed by atoms with Gasteiger partial charge in [0.2, 0.25) is 0 Å². The van der Waals surface area contributed by atoms with E-state index in [1.54, 1.807) is 19.2 Å². The Morgan fingerprint density at radius 1 is 0.844 bits per heavy atom. The quantitative estimate of drug-likeness (QED) is 0.554. The van der Waals surface area contributed by atoms with Crippen molar-refractivity contribution in [3.8, 4) is 5.75 Å². The molecular formula is C27H26N2O3. The highest BCUT2D eigenvalue weighted by Gasteiger charge is 2.39. The van der Waals surface area contributed by atoms with Crippen molar-refractivity contribution in [2.24, 2.45) is 0 Å². The summed E-state index contributed by atoms with van der Waals surface area (Å²) in [4.78, 5) is 28.1. The molecule has 3 aromatic rings. The van der Waals surface area contributed by atoms with Crippen LogP contribution in [0.3, 0.4) is 0 Å². The summed E-state index contributed by atoms with van der Waals surface area (Å²) in [6.07, 6.45) is 0.602. The average molecular weight is 427 g/mol. The SMILES string of the molecule is COc1ccc(C2=C(Nc3cc(C)cc(C)c3)C(=O)N(CCc3ccccc3)C2=O)cc1. The van der Waals surface area contributed by atoms with Gasteiger partial charge in [-0.05, 0) is 66.8 Å². The Bertz CT molecular complexity index is 1160. The molecule has 0 spiro atoms. The summed E-state index contributed by atoms with van der Waals surface area (Å²) in [6.45, 7) is 4.33. The number of carbonyl (C=O) groups excluding carboxylic acids is 2. The fourth-order valence-corrected chi connectivity index (χ4v) is 4.00. The van der Waals surface area contributed by atoms with Crippen LogP contribution in [0.1, 0.15) is 22.3 Å². The van der Waals surface area contributed by atoms with Crippen LogP contribution in [0.2, 0.25) is 0 Å². The van der Waals surface area contributed by atoms with Crippen molar-refractivity contribution in [3.63, 3.8) is 0 Å². The fraction of sp³-hybridized carbons (Fsp3) is 0.185. The van der Waals surface area contributed by atoms with Gasteiger partial charge < -0.3 is 10.1 Å².